The second-order valence-corrected chi connectivity index (χ2v) is 18.5. The molecule has 2 unspecified atom stereocenters. The van der Waals surface area contributed by atoms with Crippen LogP contribution in [0, 0.1) is 10.8 Å². The highest BCUT2D eigenvalue weighted by atomic mass is 32.2. The quantitative estimate of drug-likeness (QED) is 0.0253. The van der Waals surface area contributed by atoms with Gasteiger partial charge in [-0.05, 0) is 25.7 Å². The molecule has 0 heterocycles. The van der Waals surface area contributed by atoms with E-state index in [1.165, 1.54) is 0 Å². The zero-order chi connectivity index (χ0) is 43.3. The van der Waals surface area contributed by atoms with Crippen LogP contribution in [0.3, 0.4) is 0 Å². The van der Waals surface area contributed by atoms with E-state index in [4.69, 9.17) is 0 Å². The van der Waals surface area contributed by atoms with Crippen LogP contribution in [0.1, 0.15) is 207 Å². The normalized spacial score (nSPS) is 13.4. The summed E-state index contributed by atoms with van der Waals surface area (Å²) in [5.41, 5.74) is -4.01. The van der Waals surface area contributed by atoms with Gasteiger partial charge >= 0.3 is 23.9 Å². The molecule has 0 aromatic rings. The first-order chi connectivity index (χ1) is 26.3. The maximum absolute atomic E-state index is 12.1. The van der Waals surface area contributed by atoms with E-state index in [0.29, 0.717) is 51.4 Å². The number of aliphatic carboxylic acids is 4. The third kappa shape index (κ3) is 22.0. The summed E-state index contributed by atoms with van der Waals surface area (Å²) in [6, 6.07) is 0. The van der Waals surface area contributed by atoms with Gasteiger partial charge in [-0.1, -0.05) is 182 Å². The predicted molar refractivity (Wildman–Crippen MR) is 218 cm³/mol. The number of carboxylic acid groups (broad SMARTS) is 4. The summed E-state index contributed by atoms with van der Waals surface area (Å²) in [5.74, 6) is -6.52. The minimum absolute atomic E-state index is 0.0693. The Morgan fingerprint density at radius 3 is 0.696 bits per heavy atom. The molecule has 0 bridgehead atoms. The third-order valence-electron chi connectivity index (χ3n) is 10.8. The van der Waals surface area contributed by atoms with Gasteiger partial charge in [-0.3, -0.25) is 28.3 Å². The van der Waals surface area contributed by atoms with E-state index < -0.39 is 65.4 Å². The Kier molecular flexibility index (Phi) is 30.6. The second-order valence-electron chi connectivity index (χ2n) is 15.5. The molecule has 0 amide bonds. The van der Waals surface area contributed by atoms with Crippen molar-refractivity contribution in [2.45, 2.75) is 218 Å². The van der Waals surface area contributed by atoms with Crippen molar-refractivity contribution in [3.8, 4) is 0 Å². The van der Waals surface area contributed by atoms with Crippen molar-refractivity contribution >= 4 is 44.1 Å². The number of carbonyl (C=O) groups is 4. The highest BCUT2D eigenvalue weighted by Gasteiger charge is 2.56. The number of carboxylic acids is 4. The summed E-state index contributed by atoms with van der Waals surface area (Å²) in [6.07, 6.45) is 20.4. The van der Waals surface area contributed by atoms with Crippen LogP contribution in [0.25, 0.3) is 0 Å². The molecule has 332 valence electrons. The van der Waals surface area contributed by atoms with E-state index in [9.17, 15) is 65.5 Å². The molecule has 0 radical (unpaired) electrons. The molecule has 0 aromatic heterocycles. The molecule has 6 N–H and O–H groups in total. The van der Waals surface area contributed by atoms with Crippen LogP contribution in [0.2, 0.25) is 0 Å². The van der Waals surface area contributed by atoms with Crippen LogP contribution in [0.4, 0.5) is 0 Å². The first kappa shape index (κ1) is 55.8. The summed E-state index contributed by atoms with van der Waals surface area (Å²) in [7, 11) is -10.1. The molecule has 0 saturated carbocycles. The molecular formula is C40H76O14S2. The van der Waals surface area contributed by atoms with Gasteiger partial charge in [-0.25, -0.2) is 0 Å². The molecule has 2 atom stereocenters. The lowest BCUT2D eigenvalue weighted by molar-refractivity contribution is -0.156. The zero-order valence-electron chi connectivity index (χ0n) is 34.7. The maximum Gasteiger partial charge on any atom is 0.325 e. The standard InChI is InChI=1S/2C20H38O7S/c2*1-3-5-7-9-11-13-15-20(19(23)24,16-14-12-10-8-6-4-2)17(18(21)22)28(25,26)27/h2*17H,3-16H2,1-2H3,(H,21,22)(H,23,24)(H,25,26,27). The van der Waals surface area contributed by atoms with Gasteiger partial charge in [0.15, 0.2) is 10.5 Å². The van der Waals surface area contributed by atoms with Crippen molar-refractivity contribution in [3.63, 3.8) is 0 Å². The van der Waals surface area contributed by atoms with Crippen LogP contribution in [0.5, 0.6) is 0 Å². The number of rotatable bonds is 36. The Morgan fingerprint density at radius 1 is 0.375 bits per heavy atom. The van der Waals surface area contributed by atoms with Gasteiger partial charge in [0.1, 0.15) is 0 Å². The van der Waals surface area contributed by atoms with E-state index in [0.717, 1.165) is 103 Å². The van der Waals surface area contributed by atoms with E-state index in [-0.39, 0.29) is 25.7 Å². The van der Waals surface area contributed by atoms with Crippen LogP contribution in [-0.2, 0) is 39.4 Å². The summed E-state index contributed by atoms with van der Waals surface area (Å²) in [5, 5.41) is 33.9. The van der Waals surface area contributed by atoms with Crippen molar-refractivity contribution in [1.82, 2.24) is 0 Å². The first-order valence-corrected chi connectivity index (χ1v) is 24.1. The molecule has 0 aliphatic carbocycles. The molecule has 0 aromatic carbocycles. The SMILES string of the molecule is CCCCCCCCC(CCCCCCCC)(C(=O)O)C(C(=O)O)S(=O)(=O)O.CCCCCCCCC(CCCCCCCC)(C(=O)O)C(C(=O)O)S(=O)(=O)O. The molecule has 0 aliphatic heterocycles. The molecule has 14 nitrogen and oxygen atoms in total. The monoisotopic (exact) mass is 844 g/mol. The van der Waals surface area contributed by atoms with Crippen LogP contribution < -0.4 is 0 Å². The third-order valence-corrected chi connectivity index (χ3v) is 13.3. The maximum atomic E-state index is 12.1. The topological polar surface area (TPSA) is 258 Å². The van der Waals surface area contributed by atoms with Gasteiger partial charge < -0.3 is 20.4 Å². The Labute approximate surface area is 337 Å². The molecule has 16 heteroatoms. The Morgan fingerprint density at radius 2 is 0.554 bits per heavy atom. The molecule has 0 aliphatic rings. The fraction of sp³-hybridized carbons (Fsp3) is 0.900. The fourth-order valence-corrected chi connectivity index (χ4v) is 9.93. The highest BCUT2D eigenvalue weighted by Crippen LogP contribution is 2.41. The van der Waals surface area contributed by atoms with E-state index >= 15 is 0 Å². The van der Waals surface area contributed by atoms with Gasteiger partial charge in [0.2, 0.25) is 0 Å². The number of hydrogen-bond donors (Lipinski definition) is 6. The Bertz CT molecular complexity index is 1180. The van der Waals surface area contributed by atoms with E-state index in [1.807, 2.05) is 0 Å². The van der Waals surface area contributed by atoms with Gasteiger partial charge in [0, 0.05) is 0 Å². The van der Waals surface area contributed by atoms with E-state index in [1.54, 1.807) is 0 Å². The molecule has 0 fully saturated rings. The lowest BCUT2D eigenvalue weighted by Crippen LogP contribution is -2.51. The summed E-state index contributed by atoms with van der Waals surface area (Å²) < 4.78 is 66.1. The number of hydrogen-bond acceptors (Lipinski definition) is 8. The van der Waals surface area contributed by atoms with Gasteiger partial charge in [0.25, 0.3) is 20.2 Å². The molecule has 0 saturated heterocycles. The smallest absolute Gasteiger partial charge is 0.325 e. The molecule has 56 heavy (non-hydrogen) atoms. The Balaban J connectivity index is 0. The van der Waals surface area contributed by atoms with Crippen molar-refractivity contribution in [1.29, 1.82) is 0 Å². The summed E-state index contributed by atoms with van der Waals surface area (Å²) >= 11 is 0. The molecular weight excluding hydrogens is 769 g/mol. The number of unbranched alkanes of at least 4 members (excludes halogenated alkanes) is 20. The fourth-order valence-electron chi connectivity index (χ4n) is 7.61. The van der Waals surface area contributed by atoms with Crippen LogP contribution in [-0.4, -0.2) is 80.7 Å². The average Bonchev–Trinajstić information content (AvgIpc) is 3.08. The first-order valence-electron chi connectivity index (χ1n) is 21.1. The average molecular weight is 845 g/mol. The predicted octanol–water partition coefficient (Wildman–Crippen LogP) is 9.80. The lowest BCUT2D eigenvalue weighted by Gasteiger charge is -2.33. The summed E-state index contributed by atoms with van der Waals surface area (Å²) in [6.45, 7) is 8.33. The zero-order valence-corrected chi connectivity index (χ0v) is 36.4. The van der Waals surface area contributed by atoms with Crippen molar-refractivity contribution in [3.05, 3.63) is 0 Å². The Hall–Kier alpha value is -2.30. The second kappa shape index (κ2) is 30.7. The van der Waals surface area contributed by atoms with Crippen LogP contribution in [0.15, 0.2) is 0 Å². The minimum atomic E-state index is -5.05. The largest absolute Gasteiger partial charge is 0.481 e. The van der Waals surface area contributed by atoms with Crippen molar-refractivity contribution in [2.75, 3.05) is 0 Å². The van der Waals surface area contributed by atoms with Crippen molar-refractivity contribution < 1.29 is 65.5 Å². The van der Waals surface area contributed by atoms with Crippen LogP contribution >= 0.6 is 0 Å². The lowest BCUT2D eigenvalue weighted by atomic mass is 9.74. The van der Waals surface area contributed by atoms with Gasteiger partial charge in [0.05, 0.1) is 10.8 Å². The highest BCUT2D eigenvalue weighted by molar-refractivity contribution is 7.87. The molecule has 0 rings (SSSR count). The van der Waals surface area contributed by atoms with Gasteiger partial charge in [-0.2, -0.15) is 16.8 Å². The molecule has 0 spiro atoms. The summed E-state index contributed by atoms with van der Waals surface area (Å²) in [4.78, 5) is 47.5. The van der Waals surface area contributed by atoms with Gasteiger partial charge in [-0.15, -0.1) is 0 Å². The van der Waals surface area contributed by atoms with Crippen molar-refractivity contribution in [2.24, 2.45) is 10.8 Å². The minimum Gasteiger partial charge on any atom is -0.481 e. The van der Waals surface area contributed by atoms with E-state index in [2.05, 4.69) is 27.7 Å².